The van der Waals surface area contributed by atoms with Gasteiger partial charge >= 0.3 is 0 Å². The van der Waals surface area contributed by atoms with Crippen LogP contribution in [0, 0.1) is 0 Å². The fraction of sp³-hybridized carbons (Fsp3) is 0.450. The number of para-hydroxylation sites is 2. The number of anilines is 3. The Kier molecular flexibility index (Phi) is 4.91. The molecule has 1 saturated heterocycles. The minimum Gasteiger partial charge on any atom is -0.319 e. The summed E-state index contributed by atoms with van der Waals surface area (Å²) in [4.78, 5) is 32.4. The van der Waals surface area contributed by atoms with Crippen LogP contribution in [0.1, 0.15) is 30.4 Å². The average Bonchev–Trinajstić information content (AvgIpc) is 3.05. The van der Waals surface area contributed by atoms with Crippen molar-refractivity contribution in [2.24, 2.45) is 0 Å². The van der Waals surface area contributed by atoms with Gasteiger partial charge in [-0.15, -0.1) is 0 Å². The number of nitrogens with one attached hydrogen (secondary N) is 1. The number of aromatic nitrogens is 2. The normalized spacial score (nSPS) is 17.9. The lowest BCUT2D eigenvalue weighted by molar-refractivity contribution is -0.119. The zero-order valence-corrected chi connectivity index (χ0v) is 16.6. The molecule has 2 aliphatic rings. The summed E-state index contributed by atoms with van der Waals surface area (Å²) in [6.07, 6.45) is 1.62. The number of fused-ring (bicyclic) bond motifs is 2. The monoisotopic (exact) mass is 382 g/mol. The maximum atomic E-state index is 13.4. The second-order valence-electron chi connectivity index (χ2n) is 7.70. The minimum atomic E-state index is -0.247. The summed E-state index contributed by atoms with van der Waals surface area (Å²) in [6.45, 7) is 7.84. The zero-order chi connectivity index (χ0) is 19.8. The van der Waals surface area contributed by atoms with E-state index in [1.165, 1.54) is 0 Å². The molecule has 1 fully saturated rings. The molecule has 0 spiro atoms. The highest BCUT2D eigenvalue weighted by Crippen LogP contribution is 2.38. The van der Waals surface area contributed by atoms with Gasteiger partial charge in [-0.3, -0.25) is 24.1 Å². The topological polar surface area (TPSA) is 73.7 Å². The molecule has 0 radical (unpaired) electrons. The van der Waals surface area contributed by atoms with Crippen LogP contribution >= 0.6 is 0 Å². The number of benzene rings is 1. The number of likely N-dealkylation sites (N-methyl/N-ethyl adjacent to an activating group) is 1. The molecule has 0 unspecified atom stereocenters. The lowest BCUT2D eigenvalue weighted by Gasteiger charge is -2.33. The highest BCUT2D eigenvalue weighted by molar-refractivity contribution is 6.17. The molecule has 3 heterocycles. The molecule has 4 rings (SSSR count). The number of amides is 2. The first-order chi connectivity index (χ1) is 13.5. The van der Waals surface area contributed by atoms with Gasteiger partial charge in [0.2, 0.25) is 5.91 Å². The molecule has 0 aliphatic carbocycles. The molecule has 2 aliphatic heterocycles. The first-order valence-corrected chi connectivity index (χ1v) is 9.67. The number of hydrogen-bond acceptors (Lipinski definition) is 5. The largest absolute Gasteiger partial charge is 0.319 e. The molecular weight excluding hydrogens is 356 g/mol. The second kappa shape index (κ2) is 7.37. The van der Waals surface area contributed by atoms with Crippen LogP contribution in [0.3, 0.4) is 0 Å². The molecule has 2 amide bonds. The summed E-state index contributed by atoms with van der Waals surface area (Å²) in [5.74, 6) is -0.304. The van der Waals surface area contributed by atoms with Crippen molar-refractivity contribution in [2.75, 3.05) is 50.0 Å². The maximum Gasteiger partial charge on any atom is 0.276 e. The molecule has 2 aromatic rings. The molecule has 1 aromatic heterocycles. The standard InChI is InChI=1S/C20H26N6O2/c1-14(2)26-19-17(12-21-26)25(16-7-5-4-6-15(16)22-20(19)28)18(27)13-24-10-8-23(3)9-11-24/h4-7,12,14H,8-11,13H2,1-3H3,(H,22,28). The van der Waals surface area contributed by atoms with Crippen LogP contribution in [0.15, 0.2) is 30.5 Å². The smallest absolute Gasteiger partial charge is 0.276 e. The Morgan fingerprint density at radius 2 is 1.86 bits per heavy atom. The zero-order valence-electron chi connectivity index (χ0n) is 16.6. The second-order valence-corrected chi connectivity index (χ2v) is 7.70. The van der Waals surface area contributed by atoms with Crippen LogP contribution in [0.5, 0.6) is 0 Å². The van der Waals surface area contributed by atoms with Gasteiger partial charge in [-0.05, 0) is 33.0 Å². The van der Waals surface area contributed by atoms with Crippen LogP contribution in [0.2, 0.25) is 0 Å². The fourth-order valence-electron chi connectivity index (χ4n) is 3.75. The average molecular weight is 382 g/mol. The van der Waals surface area contributed by atoms with E-state index >= 15 is 0 Å². The summed E-state index contributed by atoms with van der Waals surface area (Å²) in [5, 5.41) is 7.33. The third-order valence-corrected chi connectivity index (χ3v) is 5.32. The van der Waals surface area contributed by atoms with E-state index in [2.05, 4.69) is 27.3 Å². The van der Waals surface area contributed by atoms with Crippen LogP contribution in [0.4, 0.5) is 17.1 Å². The first kappa shape index (κ1) is 18.6. The number of nitrogens with zero attached hydrogens (tertiary/aromatic N) is 5. The van der Waals surface area contributed by atoms with Gasteiger partial charge in [0.15, 0.2) is 5.69 Å². The molecule has 8 heteroatoms. The minimum absolute atomic E-state index is 0.00490. The SMILES string of the molecule is CC(C)n1ncc2c1C(=O)Nc1ccccc1N2C(=O)CN1CCN(C)CC1. The van der Waals surface area contributed by atoms with Crippen LogP contribution in [0.25, 0.3) is 0 Å². The number of carbonyl (C=O) groups is 2. The highest BCUT2D eigenvalue weighted by Gasteiger charge is 2.34. The van der Waals surface area contributed by atoms with E-state index in [0.717, 1.165) is 26.2 Å². The third-order valence-electron chi connectivity index (χ3n) is 5.32. The maximum absolute atomic E-state index is 13.4. The van der Waals surface area contributed by atoms with Crippen molar-refractivity contribution < 1.29 is 9.59 Å². The molecular formula is C20H26N6O2. The van der Waals surface area contributed by atoms with Gasteiger partial charge in [0.05, 0.1) is 24.1 Å². The number of carbonyl (C=O) groups excluding carboxylic acids is 2. The van der Waals surface area contributed by atoms with E-state index in [-0.39, 0.29) is 17.9 Å². The summed E-state index contributed by atoms with van der Waals surface area (Å²) < 4.78 is 1.67. The van der Waals surface area contributed by atoms with Crippen molar-refractivity contribution in [1.29, 1.82) is 0 Å². The van der Waals surface area contributed by atoms with Crippen molar-refractivity contribution in [3.8, 4) is 0 Å². The van der Waals surface area contributed by atoms with E-state index in [4.69, 9.17) is 0 Å². The molecule has 1 aromatic carbocycles. The van der Waals surface area contributed by atoms with Gasteiger partial charge in [-0.25, -0.2) is 0 Å². The van der Waals surface area contributed by atoms with Gasteiger partial charge in [0, 0.05) is 32.2 Å². The van der Waals surface area contributed by atoms with Gasteiger partial charge < -0.3 is 10.2 Å². The van der Waals surface area contributed by atoms with E-state index in [1.807, 2.05) is 38.1 Å². The Morgan fingerprint density at radius 1 is 1.14 bits per heavy atom. The lowest BCUT2D eigenvalue weighted by Crippen LogP contribution is -2.48. The van der Waals surface area contributed by atoms with Crippen molar-refractivity contribution in [2.45, 2.75) is 19.9 Å². The first-order valence-electron chi connectivity index (χ1n) is 9.67. The van der Waals surface area contributed by atoms with Crippen molar-refractivity contribution in [3.05, 3.63) is 36.2 Å². The van der Waals surface area contributed by atoms with E-state index in [1.54, 1.807) is 15.8 Å². The Bertz CT molecular complexity index is 898. The predicted molar refractivity (Wildman–Crippen MR) is 108 cm³/mol. The molecule has 0 atom stereocenters. The van der Waals surface area contributed by atoms with Crippen molar-refractivity contribution in [1.82, 2.24) is 19.6 Å². The lowest BCUT2D eigenvalue weighted by atomic mass is 10.2. The Labute approximate surface area is 164 Å². The number of hydrogen-bond donors (Lipinski definition) is 1. The van der Waals surface area contributed by atoms with Crippen LogP contribution < -0.4 is 10.2 Å². The quantitative estimate of drug-likeness (QED) is 0.878. The Hall–Kier alpha value is -2.71. The summed E-state index contributed by atoms with van der Waals surface area (Å²) in [6, 6.07) is 7.42. The van der Waals surface area contributed by atoms with Crippen LogP contribution in [-0.2, 0) is 4.79 Å². The van der Waals surface area contributed by atoms with Crippen molar-refractivity contribution in [3.63, 3.8) is 0 Å². The third kappa shape index (κ3) is 3.29. The molecule has 0 bridgehead atoms. The Morgan fingerprint density at radius 3 is 2.57 bits per heavy atom. The number of rotatable bonds is 3. The van der Waals surface area contributed by atoms with Gasteiger partial charge in [-0.1, -0.05) is 12.1 Å². The Balaban J connectivity index is 1.74. The predicted octanol–water partition coefficient (Wildman–Crippen LogP) is 1.94. The van der Waals surface area contributed by atoms with E-state index < -0.39 is 0 Å². The molecule has 148 valence electrons. The molecule has 28 heavy (non-hydrogen) atoms. The van der Waals surface area contributed by atoms with Gasteiger partial charge in [0.25, 0.3) is 5.91 Å². The van der Waals surface area contributed by atoms with E-state index in [9.17, 15) is 9.59 Å². The molecule has 1 N–H and O–H groups in total. The summed E-state index contributed by atoms with van der Waals surface area (Å²) in [7, 11) is 2.09. The fourth-order valence-corrected chi connectivity index (χ4v) is 3.75. The summed E-state index contributed by atoms with van der Waals surface area (Å²) in [5.41, 5.74) is 2.26. The highest BCUT2D eigenvalue weighted by atomic mass is 16.2. The van der Waals surface area contributed by atoms with E-state index in [0.29, 0.717) is 29.3 Å². The van der Waals surface area contributed by atoms with Gasteiger partial charge in [-0.2, -0.15) is 5.10 Å². The summed E-state index contributed by atoms with van der Waals surface area (Å²) >= 11 is 0. The number of piperazine rings is 1. The molecule has 0 saturated carbocycles. The molecule has 8 nitrogen and oxygen atoms in total. The van der Waals surface area contributed by atoms with Crippen LogP contribution in [-0.4, -0.2) is 71.2 Å². The van der Waals surface area contributed by atoms with Gasteiger partial charge in [0.1, 0.15) is 5.69 Å². The van der Waals surface area contributed by atoms with Crippen molar-refractivity contribution >= 4 is 28.9 Å².